The van der Waals surface area contributed by atoms with Crippen molar-refractivity contribution in [2.45, 2.75) is 12.5 Å². The molecule has 0 aliphatic carbocycles. The summed E-state index contributed by atoms with van der Waals surface area (Å²) in [5.74, 6) is -2.42. The Morgan fingerprint density at radius 1 is 1.00 bits per heavy atom. The average molecular weight is 331 g/mol. The molecule has 0 saturated heterocycles. The Morgan fingerprint density at radius 3 is 2.42 bits per heavy atom. The second-order valence-corrected chi connectivity index (χ2v) is 4.90. The van der Waals surface area contributed by atoms with E-state index in [1.54, 1.807) is 6.07 Å². The SMILES string of the molecule is OC(Cc1cccc(F)c1Br)c1ccc(F)c(F)c1. The number of hydrogen-bond acceptors (Lipinski definition) is 1. The Balaban J connectivity index is 2.23. The van der Waals surface area contributed by atoms with Gasteiger partial charge in [-0.15, -0.1) is 0 Å². The molecule has 2 rings (SSSR count). The zero-order valence-corrected chi connectivity index (χ0v) is 11.3. The van der Waals surface area contributed by atoms with E-state index in [9.17, 15) is 18.3 Å². The lowest BCUT2D eigenvalue weighted by Crippen LogP contribution is -2.04. The van der Waals surface area contributed by atoms with Crippen LogP contribution in [0.2, 0.25) is 0 Å². The zero-order chi connectivity index (χ0) is 14.0. The summed E-state index contributed by atoms with van der Waals surface area (Å²) in [6.07, 6.45) is -0.933. The topological polar surface area (TPSA) is 20.2 Å². The summed E-state index contributed by atoms with van der Waals surface area (Å²) < 4.78 is 39.4. The van der Waals surface area contributed by atoms with Gasteiger partial charge in [0.05, 0.1) is 10.6 Å². The number of hydrogen-bond donors (Lipinski definition) is 1. The Hall–Kier alpha value is -1.33. The van der Waals surface area contributed by atoms with Gasteiger partial charge in [-0.3, -0.25) is 0 Å². The number of rotatable bonds is 3. The fourth-order valence-corrected chi connectivity index (χ4v) is 2.18. The first-order valence-corrected chi connectivity index (χ1v) is 6.34. The lowest BCUT2D eigenvalue weighted by atomic mass is 10.0. The molecule has 0 amide bonds. The van der Waals surface area contributed by atoms with E-state index in [2.05, 4.69) is 15.9 Å². The largest absolute Gasteiger partial charge is 0.388 e. The van der Waals surface area contributed by atoms with Crippen molar-refractivity contribution in [3.05, 3.63) is 69.4 Å². The summed E-state index contributed by atoms with van der Waals surface area (Å²) in [5, 5.41) is 9.97. The predicted octanol–water partition coefficient (Wildman–Crippen LogP) is 4.14. The minimum absolute atomic E-state index is 0.101. The molecule has 100 valence electrons. The van der Waals surface area contributed by atoms with Gasteiger partial charge in [-0.1, -0.05) is 18.2 Å². The molecule has 5 heteroatoms. The van der Waals surface area contributed by atoms with Crippen LogP contribution in [0.25, 0.3) is 0 Å². The van der Waals surface area contributed by atoms with Gasteiger partial charge in [0.25, 0.3) is 0 Å². The van der Waals surface area contributed by atoms with Crippen LogP contribution in [-0.4, -0.2) is 5.11 Å². The molecule has 0 spiro atoms. The van der Waals surface area contributed by atoms with Crippen molar-refractivity contribution < 1.29 is 18.3 Å². The summed E-state index contributed by atoms with van der Waals surface area (Å²) in [5.41, 5.74) is 0.798. The first-order chi connectivity index (χ1) is 8.99. The maximum atomic E-state index is 13.3. The average Bonchev–Trinajstić information content (AvgIpc) is 2.38. The van der Waals surface area contributed by atoms with Crippen molar-refractivity contribution in [1.29, 1.82) is 0 Å². The third kappa shape index (κ3) is 3.16. The molecule has 0 fully saturated rings. The minimum Gasteiger partial charge on any atom is -0.388 e. The van der Waals surface area contributed by atoms with Gasteiger partial charge in [-0.25, -0.2) is 13.2 Å². The molecular weight excluding hydrogens is 321 g/mol. The summed E-state index contributed by atoms with van der Waals surface area (Å²) in [4.78, 5) is 0. The second kappa shape index (κ2) is 5.75. The smallest absolute Gasteiger partial charge is 0.159 e. The molecule has 0 saturated carbocycles. The summed E-state index contributed by atoms with van der Waals surface area (Å²) in [7, 11) is 0. The molecule has 0 bridgehead atoms. The first-order valence-electron chi connectivity index (χ1n) is 5.55. The van der Waals surface area contributed by atoms with Gasteiger partial charge in [0, 0.05) is 6.42 Å². The fourth-order valence-electron chi connectivity index (χ4n) is 1.75. The van der Waals surface area contributed by atoms with Gasteiger partial charge < -0.3 is 5.11 Å². The summed E-state index contributed by atoms with van der Waals surface area (Å²) in [6, 6.07) is 7.65. The van der Waals surface area contributed by atoms with E-state index in [-0.39, 0.29) is 16.5 Å². The van der Waals surface area contributed by atoms with Crippen LogP contribution >= 0.6 is 15.9 Å². The fraction of sp³-hybridized carbons (Fsp3) is 0.143. The highest BCUT2D eigenvalue weighted by Gasteiger charge is 2.14. The van der Waals surface area contributed by atoms with Gasteiger partial charge >= 0.3 is 0 Å². The molecule has 1 atom stereocenters. The Morgan fingerprint density at radius 2 is 1.74 bits per heavy atom. The van der Waals surface area contributed by atoms with Crippen LogP contribution in [0.1, 0.15) is 17.2 Å². The van der Waals surface area contributed by atoms with E-state index in [0.29, 0.717) is 5.56 Å². The zero-order valence-electron chi connectivity index (χ0n) is 9.71. The van der Waals surface area contributed by atoms with E-state index in [4.69, 9.17) is 0 Å². The first kappa shape index (κ1) is 14.1. The van der Waals surface area contributed by atoms with Gasteiger partial charge in [0.15, 0.2) is 11.6 Å². The maximum Gasteiger partial charge on any atom is 0.159 e. The standard InChI is InChI=1S/C14H10BrF3O/c15-14-9(2-1-3-11(14)17)7-13(19)8-4-5-10(16)12(18)6-8/h1-6,13,19H,7H2. The van der Waals surface area contributed by atoms with Crippen LogP contribution in [0, 0.1) is 17.5 Å². The molecule has 0 aliphatic heterocycles. The highest BCUT2D eigenvalue weighted by Crippen LogP contribution is 2.26. The van der Waals surface area contributed by atoms with E-state index in [1.807, 2.05) is 0 Å². The third-order valence-corrected chi connectivity index (χ3v) is 3.66. The number of aliphatic hydroxyl groups is 1. The second-order valence-electron chi connectivity index (χ2n) is 4.11. The highest BCUT2D eigenvalue weighted by atomic mass is 79.9. The van der Waals surface area contributed by atoms with Crippen molar-refractivity contribution in [3.63, 3.8) is 0 Å². The van der Waals surface area contributed by atoms with Crippen molar-refractivity contribution in [3.8, 4) is 0 Å². The van der Waals surface area contributed by atoms with E-state index >= 15 is 0 Å². The monoisotopic (exact) mass is 330 g/mol. The van der Waals surface area contributed by atoms with Crippen LogP contribution in [0.5, 0.6) is 0 Å². The van der Waals surface area contributed by atoms with Crippen molar-refractivity contribution in [2.24, 2.45) is 0 Å². The number of halogens is 4. The molecule has 0 radical (unpaired) electrons. The van der Waals surface area contributed by atoms with Crippen molar-refractivity contribution >= 4 is 15.9 Å². The van der Waals surface area contributed by atoms with Crippen LogP contribution < -0.4 is 0 Å². The number of aliphatic hydroxyl groups excluding tert-OH is 1. The molecule has 0 aromatic heterocycles. The van der Waals surface area contributed by atoms with Gasteiger partial charge in [-0.2, -0.15) is 0 Å². The van der Waals surface area contributed by atoms with E-state index in [1.165, 1.54) is 18.2 Å². The van der Waals surface area contributed by atoms with Crippen LogP contribution in [0.15, 0.2) is 40.9 Å². The molecule has 2 aromatic carbocycles. The Bertz CT molecular complexity index is 601. The number of benzene rings is 2. The Kier molecular flexibility index (Phi) is 4.27. The molecule has 2 aromatic rings. The third-order valence-electron chi connectivity index (χ3n) is 2.77. The van der Waals surface area contributed by atoms with E-state index < -0.39 is 23.6 Å². The van der Waals surface area contributed by atoms with Gasteiger partial charge in [-0.05, 0) is 45.3 Å². The highest BCUT2D eigenvalue weighted by molar-refractivity contribution is 9.10. The molecule has 1 N–H and O–H groups in total. The van der Waals surface area contributed by atoms with Crippen molar-refractivity contribution in [1.82, 2.24) is 0 Å². The predicted molar refractivity (Wildman–Crippen MR) is 69.1 cm³/mol. The molecular formula is C14H10BrF3O. The lowest BCUT2D eigenvalue weighted by Gasteiger charge is -2.13. The maximum absolute atomic E-state index is 13.3. The van der Waals surface area contributed by atoms with Gasteiger partial charge in [0.2, 0.25) is 0 Å². The van der Waals surface area contributed by atoms with Crippen molar-refractivity contribution in [2.75, 3.05) is 0 Å². The molecule has 0 aliphatic rings. The molecule has 19 heavy (non-hydrogen) atoms. The van der Waals surface area contributed by atoms with Crippen LogP contribution in [-0.2, 0) is 6.42 Å². The summed E-state index contributed by atoms with van der Waals surface area (Å²) >= 11 is 3.09. The van der Waals surface area contributed by atoms with E-state index in [0.717, 1.165) is 12.1 Å². The minimum atomic E-state index is -1.03. The molecule has 1 nitrogen and oxygen atoms in total. The van der Waals surface area contributed by atoms with Crippen LogP contribution in [0.4, 0.5) is 13.2 Å². The normalized spacial score (nSPS) is 12.5. The quantitative estimate of drug-likeness (QED) is 0.896. The Labute approximate surface area is 116 Å². The lowest BCUT2D eigenvalue weighted by molar-refractivity contribution is 0.177. The summed E-state index contributed by atoms with van der Waals surface area (Å²) in [6.45, 7) is 0. The van der Waals surface area contributed by atoms with Gasteiger partial charge in [0.1, 0.15) is 5.82 Å². The van der Waals surface area contributed by atoms with Crippen LogP contribution in [0.3, 0.4) is 0 Å². The molecule has 0 heterocycles. The molecule has 1 unspecified atom stereocenters.